The standard InChI is InChI=1S/C13H27O2/c1-4-6-7-8-9-10-11-15-12-13(5-2)14-3/h13H,2,4-12H2,1,3H3. The highest BCUT2D eigenvalue weighted by Crippen LogP contribution is 2.05. The molecule has 0 rings (SSSR count). The van der Waals surface area contributed by atoms with Crippen LogP contribution in [0.2, 0.25) is 0 Å². The lowest BCUT2D eigenvalue weighted by Gasteiger charge is -2.12. The van der Waals surface area contributed by atoms with Gasteiger partial charge in [-0.1, -0.05) is 46.0 Å². The monoisotopic (exact) mass is 215 g/mol. The average Bonchev–Trinajstić information content (AvgIpc) is 2.27. The molecule has 0 aromatic rings. The third-order valence-corrected chi connectivity index (χ3v) is 2.60. The summed E-state index contributed by atoms with van der Waals surface area (Å²) in [5, 5.41) is 0. The zero-order valence-electron chi connectivity index (χ0n) is 10.5. The minimum absolute atomic E-state index is 0.171. The van der Waals surface area contributed by atoms with Crippen LogP contribution in [0.15, 0.2) is 0 Å². The van der Waals surface area contributed by atoms with Gasteiger partial charge in [0.2, 0.25) is 0 Å². The largest absolute Gasteiger partial charge is 0.379 e. The van der Waals surface area contributed by atoms with Crippen LogP contribution in [0, 0.1) is 6.92 Å². The Bertz CT molecular complexity index is 111. The van der Waals surface area contributed by atoms with Crippen molar-refractivity contribution in [2.45, 2.75) is 58.0 Å². The number of hydrogen-bond donors (Lipinski definition) is 0. The van der Waals surface area contributed by atoms with Crippen LogP contribution in [0.25, 0.3) is 0 Å². The quantitative estimate of drug-likeness (QED) is 0.490. The van der Waals surface area contributed by atoms with Crippen molar-refractivity contribution in [2.75, 3.05) is 20.3 Å². The number of unbranched alkanes of at least 4 members (excludes halogenated alkanes) is 5. The fourth-order valence-electron chi connectivity index (χ4n) is 1.47. The Hall–Kier alpha value is -0.0800. The van der Waals surface area contributed by atoms with Gasteiger partial charge in [0, 0.05) is 13.7 Å². The Kier molecular flexibility index (Phi) is 11.9. The Morgan fingerprint density at radius 3 is 2.33 bits per heavy atom. The molecule has 0 spiro atoms. The van der Waals surface area contributed by atoms with Gasteiger partial charge >= 0.3 is 0 Å². The van der Waals surface area contributed by atoms with E-state index in [-0.39, 0.29) is 6.10 Å². The molecule has 0 aromatic carbocycles. The van der Waals surface area contributed by atoms with Gasteiger partial charge in [0.1, 0.15) is 0 Å². The first-order valence-corrected chi connectivity index (χ1v) is 6.24. The van der Waals surface area contributed by atoms with Crippen molar-refractivity contribution in [1.29, 1.82) is 0 Å². The summed E-state index contributed by atoms with van der Waals surface area (Å²) < 4.78 is 10.7. The summed E-state index contributed by atoms with van der Waals surface area (Å²) in [6.45, 7) is 7.60. The minimum Gasteiger partial charge on any atom is -0.379 e. The number of ether oxygens (including phenoxy) is 2. The van der Waals surface area contributed by atoms with Crippen molar-refractivity contribution in [3.8, 4) is 0 Å². The summed E-state index contributed by atoms with van der Waals surface area (Å²) in [5.74, 6) is 0. The molecular formula is C13H27O2. The second kappa shape index (κ2) is 12.0. The molecule has 0 aliphatic rings. The smallest absolute Gasteiger partial charge is 0.0804 e. The Balaban J connectivity index is 3.04. The van der Waals surface area contributed by atoms with E-state index < -0.39 is 0 Å². The molecule has 0 aliphatic carbocycles. The summed E-state index contributed by atoms with van der Waals surface area (Å²) >= 11 is 0. The van der Waals surface area contributed by atoms with E-state index in [1.54, 1.807) is 7.11 Å². The topological polar surface area (TPSA) is 18.5 Å². The van der Waals surface area contributed by atoms with Crippen LogP contribution < -0.4 is 0 Å². The Labute approximate surface area is 95.3 Å². The molecule has 0 N–H and O–H groups in total. The van der Waals surface area contributed by atoms with Crippen LogP contribution in [0.3, 0.4) is 0 Å². The van der Waals surface area contributed by atoms with Crippen LogP contribution in [-0.4, -0.2) is 26.4 Å². The zero-order chi connectivity index (χ0) is 11.4. The molecule has 2 nitrogen and oxygen atoms in total. The van der Waals surface area contributed by atoms with E-state index in [9.17, 15) is 0 Å². The van der Waals surface area contributed by atoms with Gasteiger partial charge in [0.05, 0.1) is 12.7 Å². The minimum atomic E-state index is 0.171. The lowest BCUT2D eigenvalue weighted by molar-refractivity contribution is 0.00890. The third kappa shape index (κ3) is 10.2. The van der Waals surface area contributed by atoms with Crippen molar-refractivity contribution < 1.29 is 9.47 Å². The van der Waals surface area contributed by atoms with Crippen LogP contribution in [0.1, 0.15) is 51.9 Å². The molecule has 0 bridgehead atoms. The molecule has 0 heterocycles. The van der Waals surface area contributed by atoms with Crippen molar-refractivity contribution in [2.24, 2.45) is 0 Å². The molecule has 0 saturated carbocycles. The van der Waals surface area contributed by atoms with Crippen LogP contribution in [0.5, 0.6) is 0 Å². The molecule has 91 valence electrons. The van der Waals surface area contributed by atoms with E-state index in [0.717, 1.165) is 13.0 Å². The van der Waals surface area contributed by atoms with Gasteiger partial charge in [-0.05, 0) is 12.8 Å². The summed E-state index contributed by atoms with van der Waals surface area (Å²) in [5.41, 5.74) is 0. The van der Waals surface area contributed by atoms with E-state index in [1.165, 1.54) is 38.5 Å². The predicted molar refractivity (Wildman–Crippen MR) is 65.0 cm³/mol. The molecule has 1 radical (unpaired) electrons. The molecule has 1 atom stereocenters. The average molecular weight is 215 g/mol. The normalized spacial score (nSPS) is 13.0. The van der Waals surface area contributed by atoms with Crippen molar-refractivity contribution in [1.82, 2.24) is 0 Å². The predicted octanol–water partition coefficient (Wildman–Crippen LogP) is 3.60. The van der Waals surface area contributed by atoms with Gasteiger partial charge in [-0.2, -0.15) is 0 Å². The number of rotatable bonds is 11. The molecule has 0 amide bonds. The zero-order valence-corrected chi connectivity index (χ0v) is 10.5. The molecular weight excluding hydrogens is 188 g/mol. The van der Waals surface area contributed by atoms with Gasteiger partial charge in [-0.25, -0.2) is 0 Å². The maximum atomic E-state index is 5.52. The number of hydrogen-bond acceptors (Lipinski definition) is 2. The highest BCUT2D eigenvalue weighted by Gasteiger charge is 2.02. The molecule has 1 unspecified atom stereocenters. The summed E-state index contributed by atoms with van der Waals surface area (Å²) in [7, 11) is 1.71. The second-order valence-corrected chi connectivity index (χ2v) is 3.99. The van der Waals surface area contributed by atoms with Crippen molar-refractivity contribution in [3.63, 3.8) is 0 Å². The first kappa shape index (κ1) is 14.9. The summed E-state index contributed by atoms with van der Waals surface area (Å²) in [4.78, 5) is 0. The molecule has 0 saturated heterocycles. The number of methoxy groups -OCH3 is 1. The molecule has 2 heteroatoms. The van der Waals surface area contributed by atoms with E-state index >= 15 is 0 Å². The molecule has 0 aromatic heterocycles. The first-order chi connectivity index (χ1) is 7.35. The highest BCUT2D eigenvalue weighted by atomic mass is 16.5. The Morgan fingerprint density at radius 1 is 1.07 bits per heavy atom. The third-order valence-electron chi connectivity index (χ3n) is 2.60. The van der Waals surface area contributed by atoms with Crippen LogP contribution in [-0.2, 0) is 9.47 Å². The van der Waals surface area contributed by atoms with Gasteiger partial charge in [0.15, 0.2) is 0 Å². The van der Waals surface area contributed by atoms with Gasteiger partial charge in [-0.3, -0.25) is 0 Å². The maximum absolute atomic E-state index is 5.52. The molecule has 15 heavy (non-hydrogen) atoms. The SMILES string of the molecule is [CH2]CC(COCCCCCCCC)OC. The van der Waals surface area contributed by atoms with E-state index in [4.69, 9.17) is 9.47 Å². The van der Waals surface area contributed by atoms with Crippen molar-refractivity contribution in [3.05, 3.63) is 6.92 Å². The van der Waals surface area contributed by atoms with E-state index in [1.807, 2.05) is 0 Å². The molecule has 0 fully saturated rings. The van der Waals surface area contributed by atoms with Crippen LogP contribution >= 0.6 is 0 Å². The van der Waals surface area contributed by atoms with Gasteiger partial charge < -0.3 is 9.47 Å². The van der Waals surface area contributed by atoms with Gasteiger partial charge in [-0.15, -0.1) is 0 Å². The second-order valence-electron chi connectivity index (χ2n) is 3.99. The molecule has 0 aliphatic heterocycles. The first-order valence-electron chi connectivity index (χ1n) is 6.24. The Morgan fingerprint density at radius 2 is 1.73 bits per heavy atom. The maximum Gasteiger partial charge on any atom is 0.0804 e. The lowest BCUT2D eigenvalue weighted by Crippen LogP contribution is -2.17. The summed E-state index contributed by atoms with van der Waals surface area (Å²) in [6.07, 6.45) is 8.83. The van der Waals surface area contributed by atoms with Crippen LogP contribution in [0.4, 0.5) is 0 Å². The fourth-order valence-corrected chi connectivity index (χ4v) is 1.47. The summed E-state index contributed by atoms with van der Waals surface area (Å²) in [6, 6.07) is 0. The van der Waals surface area contributed by atoms with E-state index in [2.05, 4.69) is 13.8 Å². The highest BCUT2D eigenvalue weighted by molar-refractivity contribution is 4.56. The lowest BCUT2D eigenvalue weighted by atomic mass is 10.1. The van der Waals surface area contributed by atoms with E-state index in [0.29, 0.717) is 6.61 Å². The van der Waals surface area contributed by atoms with Gasteiger partial charge in [0.25, 0.3) is 0 Å². The van der Waals surface area contributed by atoms with Crippen molar-refractivity contribution >= 4 is 0 Å². The fraction of sp³-hybridized carbons (Fsp3) is 0.923.